The minimum atomic E-state index is -1.45. The molecule has 1 aromatic carbocycles. The van der Waals surface area contributed by atoms with Crippen LogP contribution in [-0.2, 0) is 11.2 Å². The fourth-order valence-corrected chi connectivity index (χ4v) is 4.75. The lowest BCUT2D eigenvalue weighted by Crippen LogP contribution is -2.54. The monoisotopic (exact) mass is 360 g/mol. The molecule has 1 heterocycles. The van der Waals surface area contributed by atoms with Crippen LogP contribution in [0.3, 0.4) is 0 Å². The van der Waals surface area contributed by atoms with Crippen LogP contribution in [0, 0.1) is 5.92 Å². The van der Waals surface area contributed by atoms with Gasteiger partial charge in [-0.15, -0.1) is 0 Å². The first-order chi connectivity index (χ1) is 12.5. The molecule has 0 bridgehead atoms. The highest BCUT2D eigenvalue weighted by Crippen LogP contribution is 2.42. The van der Waals surface area contributed by atoms with Gasteiger partial charge in [-0.3, -0.25) is 4.79 Å². The van der Waals surface area contributed by atoms with Crippen molar-refractivity contribution in [1.82, 2.24) is 10.2 Å². The summed E-state index contributed by atoms with van der Waals surface area (Å²) in [5.74, 6) is 0.428. The molecule has 5 heteroatoms. The summed E-state index contributed by atoms with van der Waals surface area (Å²) < 4.78 is 0. The molecule has 5 nitrogen and oxygen atoms in total. The Labute approximate surface area is 156 Å². The van der Waals surface area contributed by atoms with Crippen molar-refractivity contribution in [3.05, 3.63) is 35.9 Å². The number of fused-ring (bicyclic) bond motifs is 1. The minimum Gasteiger partial charge on any atom is -0.366 e. The van der Waals surface area contributed by atoms with Gasteiger partial charge in [0, 0.05) is 12.1 Å². The summed E-state index contributed by atoms with van der Waals surface area (Å²) >= 11 is 0. The maximum absolute atomic E-state index is 13.1. The van der Waals surface area contributed by atoms with E-state index >= 15 is 0 Å². The van der Waals surface area contributed by atoms with Gasteiger partial charge in [0.05, 0.1) is 12.1 Å². The molecule has 1 aliphatic carbocycles. The van der Waals surface area contributed by atoms with Crippen LogP contribution in [0.5, 0.6) is 0 Å². The number of aliphatic hydroxyl groups is 2. The molecule has 144 valence electrons. The predicted octanol–water partition coefficient (Wildman–Crippen LogP) is 2.07. The summed E-state index contributed by atoms with van der Waals surface area (Å²) in [5, 5.41) is 22.9. The number of carbonyl (C=O) groups is 1. The van der Waals surface area contributed by atoms with Gasteiger partial charge in [0.15, 0.2) is 6.29 Å². The molecule has 1 saturated heterocycles. The topological polar surface area (TPSA) is 72.8 Å². The van der Waals surface area contributed by atoms with Crippen molar-refractivity contribution in [3.63, 3.8) is 0 Å². The lowest BCUT2D eigenvalue weighted by molar-refractivity contribution is -0.148. The normalized spacial score (nSPS) is 27.6. The Hall–Kier alpha value is -1.43. The molecular formula is C21H32N2O3. The van der Waals surface area contributed by atoms with E-state index in [9.17, 15) is 15.0 Å². The predicted molar refractivity (Wildman–Crippen MR) is 101 cm³/mol. The SMILES string of the molecule is CC(CCc1ccccc1)NC(C)C(=O)N1C(C(O)O)CC2CCCC21. The Kier molecular flexibility index (Phi) is 6.33. The number of aryl methyl sites for hydroxylation is 1. The average Bonchev–Trinajstić information content (AvgIpc) is 3.21. The van der Waals surface area contributed by atoms with Gasteiger partial charge in [-0.2, -0.15) is 0 Å². The van der Waals surface area contributed by atoms with Gasteiger partial charge < -0.3 is 20.4 Å². The average molecular weight is 360 g/mol. The first-order valence-corrected chi connectivity index (χ1v) is 9.95. The molecule has 1 amide bonds. The van der Waals surface area contributed by atoms with Crippen molar-refractivity contribution in [2.24, 2.45) is 5.92 Å². The third kappa shape index (κ3) is 4.27. The van der Waals surface area contributed by atoms with Gasteiger partial charge in [-0.25, -0.2) is 0 Å². The van der Waals surface area contributed by atoms with Gasteiger partial charge in [-0.05, 0) is 57.4 Å². The van der Waals surface area contributed by atoms with E-state index < -0.39 is 12.3 Å². The lowest BCUT2D eigenvalue weighted by atomic mass is 10.0. The van der Waals surface area contributed by atoms with Crippen LogP contribution in [0.25, 0.3) is 0 Å². The van der Waals surface area contributed by atoms with E-state index in [1.165, 1.54) is 5.56 Å². The van der Waals surface area contributed by atoms with Crippen molar-refractivity contribution >= 4 is 5.91 Å². The second kappa shape index (κ2) is 8.51. The fraction of sp³-hybridized carbons (Fsp3) is 0.667. The molecule has 3 N–H and O–H groups in total. The Morgan fingerprint density at radius 2 is 1.96 bits per heavy atom. The third-order valence-corrected chi connectivity index (χ3v) is 6.09. The zero-order chi connectivity index (χ0) is 18.7. The fourth-order valence-electron chi connectivity index (χ4n) is 4.75. The molecule has 5 unspecified atom stereocenters. The summed E-state index contributed by atoms with van der Waals surface area (Å²) in [5.41, 5.74) is 1.30. The number of aliphatic hydroxyl groups excluding tert-OH is 1. The number of hydrogen-bond donors (Lipinski definition) is 3. The van der Waals surface area contributed by atoms with E-state index in [1.807, 2.05) is 25.1 Å². The quantitative estimate of drug-likeness (QED) is 0.651. The summed E-state index contributed by atoms with van der Waals surface area (Å²) in [6.45, 7) is 4.00. The number of carbonyl (C=O) groups excluding carboxylic acids is 1. The largest absolute Gasteiger partial charge is 0.366 e. The Morgan fingerprint density at radius 3 is 2.65 bits per heavy atom. The van der Waals surface area contributed by atoms with Crippen molar-refractivity contribution in [3.8, 4) is 0 Å². The molecule has 1 aromatic rings. The van der Waals surface area contributed by atoms with Crippen LogP contribution in [0.15, 0.2) is 30.3 Å². The second-order valence-corrected chi connectivity index (χ2v) is 8.03. The smallest absolute Gasteiger partial charge is 0.240 e. The standard InChI is InChI=1S/C21H32N2O3/c1-14(11-12-16-7-4-3-5-8-16)22-15(2)20(24)23-18-10-6-9-17(18)13-19(23)21(25)26/h3-5,7-8,14-15,17-19,21-22,25-26H,6,9-13H2,1-2H3. The van der Waals surface area contributed by atoms with Gasteiger partial charge in [-0.1, -0.05) is 36.8 Å². The Morgan fingerprint density at radius 1 is 1.23 bits per heavy atom. The molecule has 1 aliphatic heterocycles. The highest BCUT2D eigenvalue weighted by atomic mass is 16.5. The van der Waals surface area contributed by atoms with Gasteiger partial charge in [0.25, 0.3) is 0 Å². The highest BCUT2D eigenvalue weighted by Gasteiger charge is 2.48. The van der Waals surface area contributed by atoms with Crippen LogP contribution in [0.2, 0.25) is 0 Å². The zero-order valence-corrected chi connectivity index (χ0v) is 15.8. The van der Waals surface area contributed by atoms with E-state index in [1.54, 1.807) is 4.90 Å². The third-order valence-electron chi connectivity index (χ3n) is 6.09. The van der Waals surface area contributed by atoms with Crippen LogP contribution in [-0.4, -0.2) is 51.5 Å². The number of nitrogens with one attached hydrogen (secondary N) is 1. The Bertz CT molecular complexity index is 592. The van der Waals surface area contributed by atoms with E-state index in [0.29, 0.717) is 12.3 Å². The summed E-state index contributed by atoms with van der Waals surface area (Å²) in [7, 11) is 0. The summed E-state index contributed by atoms with van der Waals surface area (Å²) in [6.07, 6.45) is 4.39. The van der Waals surface area contributed by atoms with E-state index in [4.69, 9.17) is 0 Å². The highest BCUT2D eigenvalue weighted by molar-refractivity contribution is 5.82. The molecule has 1 saturated carbocycles. The molecule has 5 atom stereocenters. The number of nitrogens with zero attached hydrogens (tertiary/aromatic N) is 1. The Balaban J connectivity index is 1.56. The lowest BCUT2D eigenvalue weighted by Gasteiger charge is -2.34. The molecule has 0 spiro atoms. The van der Waals surface area contributed by atoms with Crippen LogP contribution in [0.4, 0.5) is 0 Å². The molecule has 0 aromatic heterocycles. The number of rotatable bonds is 7. The van der Waals surface area contributed by atoms with Gasteiger partial charge >= 0.3 is 0 Å². The first-order valence-electron chi connectivity index (χ1n) is 9.95. The van der Waals surface area contributed by atoms with Crippen molar-refractivity contribution in [1.29, 1.82) is 0 Å². The van der Waals surface area contributed by atoms with Gasteiger partial charge in [0.2, 0.25) is 5.91 Å². The molecule has 2 fully saturated rings. The number of amides is 1. The maximum Gasteiger partial charge on any atom is 0.240 e. The first kappa shape index (κ1) is 19.3. The zero-order valence-electron chi connectivity index (χ0n) is 15.8. The molecular weight excluding hydrogens is 328 g/mol. The molecule has 26 heavy (non-hydrogen) atoms. The molecule has 0 radical (unpaired) electrons. The van der Waals surface area contributed by atoms with E-state index in [2.05, 4.69) is 24.4 Å². The second-order valence-electron chi connectivity index (χ2n) is 8.03. The number of likely N-dealkylation sites (tertiary alicyclic amines) is 1. The van der Waals surface area contributed by atoms with E-state index in [-0.39, 0.29) is 24.0 Å². The van der Waals surface area contributed by atoms with Crippen molar-refractivity contribution < 1.29 is 15.0 Å². The van der Waals surface area contributed by atoms with Crippen molar-refractivity contribution in [2.75, 3.05) is 0 Å². The number of hydrogen-bond acceptors (Lipinski definition) is 4. The van der Waals surface area contributed by atoms with Gasteiger partial charge in [0.1, 0.15) is 0 Å². The summed E-state index contributed by atoms with van der Waals surface area (Å²) in [4.78, 5) is 14.8. The van der Waals surface area contributed by atoms with Crippen molar-refractivity contribution in [2.45, 2.75) is 82.8 Å². The molecule has 2 aliphatic rings. The number of benzene rings is 1. The summed E-state index contributed by atoms with van der Waals surface area (Å²) in [6, 6.07) is 9.98. The van der Waals surface area contributed by atoms with Crippen LogP contribution in [0.1, 0.15) is 51.5 Å². The maximum atomic E-state index is 13.1. The minimum absolute atomic E-state index is 0.00376. The van der Waals surface area contributed by atoms with Crippen LogP contribution >= 0.6 is 0 Å². The van der Waals surface area contributed by atoms with E-state index in [0.717, 1.165) is 32.1 Å². The molecule has 3 rings (SSSR count). The van der Waals surface area contributed by atoms with Crippen LogP contribution < -0.4 is 5.32 Å².